The van der Waals surface area contributed by atoms with Gasteiger partial charge in [0.15, 0.2) is 0 Å². The molecule has 0 atom stereocenters. The second kappa shape index (κ2) is 5.99. The average Bonchev–Trinajstić information content (AvgIpc) is 3.13. The third-order valence-electron chi connectivity index (χ3n) is 2.61. The number of H-pyrrole nitrogens is 1. The minimum absolute atomic E-state index is 0.0947. The second-order valence-electron chi connectivity index (χ2n) is 4.27. The van der Waals surface area contributed by atoms with Crippen molar-refractivity contribution in [3.05, 3.63) is 21.2 Å². The number of aromatic nitrogens is 2. The van der Waals surface area contributed by atoms with Crippen LogP contribution in [0.1, 0.15) is 25.7 Å². The molecule has 2 rings (SSSR count). The van der Waals surface area contributed by atoms with Crippen LogP contribution in [0.15, 0.2) is 15.6 Å². The average molecular weight is 315 g/mol. The Kier molecular flexibility index (Phi) is 4.35. The molecule has 98 valence electrons. The van der Waals surface area contributed by atoms with Crippen LogP contribution >= 0.6 is 15.9 Å². The summed E-state index contributed by atoms with van der Waals surface area (Å²) in [6.45, 7) is 0.604. The molecule has 1 aromatic heterocycles. The zero-order valence-corrected chi connectivity index (χ0v) is 11.4. The first-order chi connectivity index (χ1) is 8.66. The molecule has 18 heavy (non-hydrogen) atoms. The summed E-state index contributed by atoms with van der Waals surface area (Å²) in [4.78, 5) is 29.1. The van der Waals surface area contributed by atoms with E-state index >= 15 is 0 Å². The minimum atomic E-state index is -0.223. The summed E-state index contributed by atoms with van der Waals surface area (Å²) in [5, 5.41) is 5.95. The second-order valence-corrected chi connectivity index (χ2v) is 5.06. The van der Waals surface area contributed by atoms with Crippen molar-refractivity contribution in [2.75, 3.05) is 11.9 Å². The number of halogens is 1. The molecule has 1 aliphatic rings. The van der Waals surface area contributed by atoms with Gasteiger partial charge in [0, 0.05) is 19.0 Å². The predicted molar refractivity (Wildman–Crippen MR) is 71.4 cm³/mol. The van der Waals surface area contributed by atoms with Crippen molar-refractivity contribution in [3.8, 4) is 0 Å². The third-order valence-corrected chi connectivity index (χ3v) is 3.35. The lowest BCUT2D eigenvalue weighted by Gasteiger charge is -2.06. The number of amides is 1. The number of anilines is 1. The van der Waals surface area contributed by atoms with Crippen molar-refractivity contribution >= 4 is 27.7 Å². The van der Waals surface area contributed by atoms with Crippen LogP contribution in [0.2, 0.25) is 0 Å². The van der Waals surface area contributed by atoms with Gasteiger partial charge < -0.3 is 15.6 Å². The number of rotatable bonds is 6. The van der Waals surface area contributed by atoms with Gasteiger partial charge in [0.1, 0.15) is 10.3 Å². The molecule has 7 heteroatoms. The fourth-order valence-electron chi connectivity index (χ4n) is 1.49. The van der Waals surface area contributed by atoms with Crippen LogP contribution in [0.3, 0.4) is 0 Å². The van der Waals surface area contributed by atoms with E-state index in [2.05, 4.69) is 36.5 Å². The minimum Gasteiger partial charge on any atom is -0.369 e. The van der Waals surface area contributed by atoms with Gasteiger partial charge in [0.25, 0.3) is 5.56 Å². The summed E-state index contributed by atoms with van der Waals surface area (Å²) < 4.78 is 0.382. The summed E-state index contributed by atoms with van der Waals surface area (Å²) in [5.41, 5.74) is -0.223. The van der Waals surface area contributed by atoms with Gasteiger partial charge in [0.05, 0.1) is 6.33 Å². The molecule has 0 aromatic carbocycles. The van der Waals surface area contributed by atoms with E-state index < -0.39 is 0 Å². The summed E-state index contributed by atoms with van der Waals surface area (Å²) >= 11 is 3.15. The smallest absolute Gasteiger partial charge is 0.267 e. The number of carbonyl (C=O) groups is 1. The van der Waals surface area contributed by atoms with E-state index in [1.807, 2.05) is 0 Å². The Hall–Kier alpha value is -1.37. The molecule has 0 aliphatic heterocycles. The molecule has 3 N–H and O–H groups in total. The summed E-state index contributed by atoms with van der Waals surface area (Å²) in [6.07, 6.45) is 4.75. The first kappa shape index (κ1) is 13.1. The van der Waals surface area contributed by atoms with Crippen molar-refractivity contribution in [2.24, 2.45) is 0 Å². The Labute approximate surface area is 113 Å². The lowest BCUT2D eigenvalue weighted by atomic mass is 10.3. The standard InChI is InChI=1S/C11H15BrN4O2/c12-9-10(14-6-15-11(9)18)13-5-1-2-8(17)16-7-3-4-7/h6-7H,1-5H2,(H,16,17)(H2,13,14,15,18). The van der Waals surface area contributed by atoms with Crippen molar-refractivity contribution in [2.45, 2.75) is 31.7 Å². The molecule has 0 spiro atoms. The third kappa shape index (κ3) is 3.83. The molecular weight excluding hydrogens is 300 g/mol. The molecule has 6 nitrogen and oxygen atoms in total. The monoisotopic (exact) mass is 314 g/mol. The van der Waals surface area contributed by atoms with Gasteiger partial charge in [-0.2, -0.15) is 0 Å². The number of hydrogen-bond donors (Lipinski definition) is 3. The Morgan fingerprint density at radius 1 is 1.56 bits per heavy atom. The molecule has 1 amide bonds. The predicted octanol–water partition coefficient (Wildman–Crippen LogP) is 1.00. The van der Waals surface area contributed by atoms with E-state index in [4.69, 9.17) is 0 Å². The summed E-state index contributed by atoms with van der Waals surface area (Å²) in [5.74, 6) is 0.596. The summed E-state index contributed by atoms with van der Waals surface area (Å²) in [6, 6.07) is 0.411. The molecule has 0 bridgehead atoms. The largest absolute Gasteiger partial charge is 0.369 e. The van der Waals surface area contributed by atoms with Crippen LogP contribution in [0.25, 0.3) is 0 Å². The van der Waals surface area contributed by atoms with Crippen LogP contribution in [0.4, 0.5) is 5.82 Å². The van der Waals surface area contributed by atoms with E-state index in [0.29, 0.717) is 35.7 Å². The first-order valence-electron chi connectivity index (χ1n) is 5.93. The topological polar surface area (TPSA) is 86.9 Å². The molecule has 1 aliphatic carbocycles. The Balaban J connectivity index is 1.69. The van der Waals surface area contributed by atoms with Gasteiger partial charge in [-0.15, -0.1) is 0 Å². The van der Waals surface area contributed by atoms with Gasteiger partial charge >= 0.3 is 0 Å². The maximum atomic E-state index is 11.4. The van der Waals surface area contributed by atoms with Crippen molar-refractivity contribution < 1.29 is 4.79 Å². The number of carbonyl (C=O) groups excluding carboxylic acids is 1. The highest BCUT2D eigenvalue weighted by Crippen LogP contribution is 2.18. The van der Waals surface area contributed by atoms with Gasteiger partial charge in [0.2, 0.25) is 5.91 Å². The SMILES string of the molecule is O=C(CCCNc1nc[nH]c(=O)c1Br)NC1CC1. The van der Waals surface area contributed by atoms with E-state index in [0.717, 1.165) is 12.8 Å². The quantitative estimate of drug-likeness (QED) is 0.684. The number of aromatic amines is 1. The van der Waals surface area contributed by atoms with E-state index in [1.54, 1.807) is 0 Å². The molecule has 1 saturated carbocycles. The van der Waals surface area contributed by atoms with E-state index in [-0.39, 0.29) is 11.5 Å². The summed E-state index contributed by atoms with van der Waals surface area (Å²) in [7, 11) is 0. The highest BCUT2D eigenvalue weighted by atomic mass is 79.9. The van der Waals surface area contributed by atoms with Crippen LogP contribution in [-0.2, 0) is 4.79 Å². The normalized spacial score (nSPS) is 14.3. The van der Waals surface area contributed by atoms with Gasteiger partial charge in [-0.1, -0.05) is 0 Å². The van der Waals surface area contributed by atoms with Crippen LogP contribution in [-0.4, -0.2) is 28.5 Å². The van der Waals surface area contributed by atoms with Crippen LogP contribution in [0, 0.1) is 0 Å². The van der Waals surface area contributed by atoms with E-state index in [9.17, 15) is 9.59 Å². The molecule has 1 aromatic rings. The maximum absolute atomic E-state index is 11.4. The lowest BCUT2D eigenvalue weighted by Crippen LogP contribution is -2.25. The lowest BCUT2D eigenvalue weighted by molar-refractivity contribution is -0.121. The highest BCUT2D eigenvalue weighted by Gasteiger charge is 2.22. The molecule has 1 fully saturated rings. The maximum Gasteiger partial charge on any atom is 0.267 e. The van der Waals surface area contributed by atoms with Crippen LogP contribution < -0.4 is 16.2 Å². The Morgan fingerprint density at radius 2 is 2.33 bits per heavy atom. The highest BCUT2D eigenvalue weighted by molar-refractivity contribution is 9.10. The zero-order valence-electron chi connectivity index (χ0n) is 9.83. The van der Waals surface area contributed by atoms with Crippen molar-refractivity contribution in [3.63, 3.8) is 0 Å². The van der Waals surface area contributed by atoms with Crippen LogP contribution in [0.5, 0.6) is 0 Å². The molecule has 0 radical (unpaired) electrons. The molecule has 0 unspecified atom stereocenters. The van der Waals surface area contributed by atoms with Crippen molar-refractivity contribution in [1.82, 2.24) is 15.3 Å². The van der Waals surface area contributed by atoms with E-state index in [1.165, 1.54) is 6.33 Å². The fraction of sp³-hybridized carbons (Fsp3) is 0.545. The fourth-order valence-corrected chi connectivity index (χ4v) is 1.85. The van der Waals surface area contributed by atoms with Crippen molar-refractivity contribution in [1.29, 1.82) is 0 Å². The number of nitrogens with one attached hydrogen (secondary N) is 3. The number of nitrogens with zero attached hydrogens (tertiary/aromatic N) is 1. The Bertz CT molecular complexity index is 484. The van der Waals surface area contributed by atoms with Gasteiger partial charge in [-0.05, 0) is 35.2 Å². The Morgan fingerprint density at radius 3 is 3.06 bits per heavy atom. The van der Waals surface area contributed by atoms with Gasteiger partial charge in [-0.3, -0.25) is 9.59 Å². The first-order valence-corrected chi connectivity index (χ1v) is 6.72. The van der Waals surface area contributed by atoms with Gasteiger partial charge in [-0.25, -0.2) is 4.98 Å². The molecule has 0 saturated heterocycles. The number of hydrogen-bond acceptors (Lipinski definition) is 4. The molecular formula is C11H15BrN4O2. The molecule has 1 heterocycles. The zero-order chi connectivity index (χ0) is 13.0.